The molecule has 26 heavy (non-hydrogen) atoms. The van der Waals surface area contributed by atoms with Crippen LogP contribution in [0.25, 0.3) is 10.4 Å². The number of benzene rings is 1. The standard InChI is InChI=1S/C16H26N4O5Si/c1-16(2,3)26(4,5)25-10-14(18-19-17)15(21)11-24-13-8-6-12(7-9-13)20(22)23/h6-9,14-15,21H,10-11H2,1-5H3. The van der Waals surface area contributed by atoms with Crippen molar-refractivity contribution in [3.63, 3.8) is 0 Å². The highest BCUT2D eigenvalue weighted by molar-refractivity contribution is 6.74. The van der Waals surface area contributed by atoms with Gasteiger partial charge in [0.2, 0.25) is 0 Å². The number of aliphatic hydroxyl groups excluding tert-OH is 1. The number of ether oxygens (including phenoxy) is 1. The fourth-order valence-electron chi connectivity index (χ4n) is 1.75. The number of hydrogen-bond acceptors (Lipinski definition) is 6. The number of nitrogens with zero attached hydrogens (tertiary/aromatic N) is 4. The van der Waals surface area contributed by atoms with Crippen LogP contribution in [0, 0.1) is 10.1 Å². The zero-order chi connectivity index (χ0) is 20.0. The van der Waals surface area contributed by atoms with E-state index in [0.717, 1.165) is 0 Å². The summed E-state index contributed by atoms with van der Waals surface area (Å²) in [6.45, 7) is 10.4. The number of nitro benzene ring substituents is 1. The largest absolute Gasteiger partial charge is 0.491 e. The summed E-state index contributed by atoms with van der Waals surface area (Å²) < 4.78 is 11.4. The minimum atomic E-state index is -2.05. The van der Waals surface area contributed by atoms with Gasteiger partial charge in [-0.25, -0.2) is 0 Å². The van der Waals surface area contributed by atoms with Crippen molar-refractivity contribution in [3.05, 3.63) is 44.8 Å². The highest BCUT2D eigenvalue weighted by Crippen LogP contribution is 2.36. The molecule has 0 saturated heterocycles. The molecule has 0 aliphatic heterocycles. The van der Waals surface area contributed by atoms with Gasteiger partial charge in [-0.3, -0.25) is 10.1 Å². The van der Waals surface area contributed by atoms with Gasteiger partial charge in [-0.2, -0.15) is 0 Å². The van der Waals surface area contributed by atoms with Gasteiger partial charge >= 0.3 is 0 Å². The first-order valence-corrected chi connectivity index (χ1v) is 11.1. The molecule has 0 fully saturated rings. The van der Waals surface area contributed by atoms with Gasteiger partial charge in [0.05, 0.1) is 17.1 Å². The summed E-state index contributed by atoms with van der Waals surface area (Å²) in [5.41, 5.74) is 8.69. The maximum absolute atomic E-state index is 10.6. The van der Waals surface area contributed by atoms with Crippen LogP contribution >= 0.6 is 0 Å². The minimum absolute atomic E-state index is 0.00584. The maximum atomic E-state index is 10.6. The molecule has 0 saturated carbocycles. The van der Waals surface area contributed by atoms with Crippen molar-refractivity contribution in [2.45, 2.75) is 51.0 Å². The molecular weight excluding hydrogens is 356 g/mol. The fourth-order valence-corrected chi connectivity index (χ4v) is 2.78. The number of azide groups is 1. The second-order valence-electron chi connectivity index (χ2n) is 7.47. The summed E-state index contributed by atoms with van der Waals surface area (Å²) >= 11 is 0. The van der Waals surface area contributed by atoms with E-state index in [-0.39, 0.29) is 23.9 Å². The van der Waals surface area contributed by atoms with Crippen LogP contribution < -0.4 is 4.74 Å². The topological polar surface area (TPSA) is 131 Å². The van der Waals surface area contributed by atoms with Gasteiger partial charge in [0.15, 0.2) is 8.32 Å². The third-order valence-electron chi connectivity index (χ3n) is 4.53. The normalized spacial score (nSPS) is 14.2. The molecule has 144 valence electrons. The Morgan fingerprint density at radius 1 is 1.31 bits per heavy atom. The first-order valence-electron chi connectivity index (χ1n) is 8.21. The van der Waals surface area contributed by atoms with Crippen LogP contribution in [0.2, 0.25) is 18.1 Å². The number of aliphatic hydroxyl groups is 1. The van der Waals surface area contributed by atoms with E-state index in [1.165, 1.54) is 24.3 Å². The third kappa shape index (κ3) is 6.30. The predicted molar refractivity (Wildman–Crippen MR) is 101 cm³/mol. The molecule has 1 aromatic carbocycles. The highest BCUT2D eigenvalue weighted by Gasteiger charge is 2.38. The SMILES string of the molecule is CC(C)(C)[Si](C)(C)OCC(N=[N+]=[N-])C(O)COc1ccc([N+](=O)[O-])cc1. The molecule has 0 aromatic heterocycles. The number of nitro groups is 1. The Balaban J connectivity index is 2.66. The molecule has 2 unspecified atom stereocenters. The molecule has 0 bridgehead atoms. The monoisotopic (exact) mass is 382 g/mol. The van der Waals surface area contributed by atoms with Gasteiger partial charge in [0.25, 0.3) is 5.69 Å². The van der Waals surface area contributed by atoms with Crippen molar-refractivity contribution in [1.29, 1.82) is 0 Å². The van der Waals surface area contributed by atoms with Gasteiger partial charge in [-0.1, -0.05) is 25.9 Å². The second kappa shape index (κ2) is 8.99. The predicted octanol–water partition coefficient (Wildman–Crippen LogP) is 4.04. The van der Waals surface area contributed by atoms with E-state index in [2.05, 4.69) is 43.9 Å². The maximum Gasteiger partial charge on any atom is 0.269 e. The Kier molecular flexibility index (Phi) is 7.58. The smallest absolute Gasteiger partial charge is 0.269 e. The molecule has 1 rings (SSSR count). The Morgan fingerprint density at radius 3 is 2.35 bits per heavy atom. The Morgan fingerprint density at radius 2 is 1.88 bits per heavy atom. The molecular formula is C16H26N4O5Si. The Hall–Kier alpha value is -2.13. The first kappa shape index (κ1) is 21.9. The Labute approximate surface area is 153 Å². The number of non-ortho nitro benzene ring substituents is 1. The van der Waals surface area contributed by atoms with Crippen molar-refractivity contribution < 1.29 is 19.2 Å². The average molecular weight is 382 g/mol. The van der Waals surface area contributed by atoms with Crippen molar-refractivity contribution in [2.24, 2.45) is 5.11 Å². The minimum Gasteiger partial charge on any atom is -0.491 e. The summed E-state index contributed by atoms with van der Waals surface area (Å²) in [6.07, 6.45) is -1.06. The summed E-state index contributed by atoms with van der Waals surface area (Å²) in [7, 11) is -2.05. The van der Waals surface area contributed by atoms with Gasteiger partial charge in [0, 0.05) is 23.7 Å². The van der Waals surface area contributed by atoms with Crippen LogP contribution in [0.3, 0.4) is 0 Å². The zero-order valence-corrected chi connectivity index (χ0v) is 16.7. The summed E-state index contributed by atoms with van der Waals surface area (Å²) in [5.74, 6) is 0.375. The Bertz CT molecular complexity index is 654. The molecule has 1 N–H and O–H groups in total. The van der Waals surface area contributed by atoms with Crippen LogP contribution in [-0.2, 0) is 4.43 Å². The van der Waals surface area contributed by atoms with E-state index in [9.17, 15) is 15.2 Å². The van der Waals surface area contributed by atoms with Crippen molar-refractivity contribution in [3.8, 4) is 5.75 Å². The molecule has 0 amide bonds. The van der Waals surface area contributed by atoms with Crippen LogP contribution in [0.4, 0.5) is 5.69 Å². The van der Waals surface area contributed by atoms with E-state index in [0.29, 0.717) is 5.75 Å². The van der Waals surface area contributed by atoms with Gasteiger partial charge in [-0.05, 0) is 35.8 Å². The molecule has 0 heterocycles. The van der Waals surface area contributed by atoms with Crippen molar-refractivity contribution in [1.82, 2.24) is 0 Å². The average Bonchev–Trinajstić information content (AvgIpc) is 2.55. The molecule has 0 aliphatic carbocycles. The second-order valence-corrected chi connectivity index (χ2v) is 12.3. The van der Waals surface area contributed by atoms with E-state index in [1.807, 2.05) is 0 Å². The summed E-state index contributed by atoms with van der Waals surface area (Å²) in [5, 5.41) is 24.5. The zero-order valence-electron chi connectivity index (χ0n) is 15.7. The van der Waals surface area contributed by atoms with Gasteiger partial charge in [-0.15, -0.1) is 0 Å². The van der Waals surface area contributed by atoms with E-state index in [4.69, 9.17) is 14.7 Å². The van der Waals surface area contributed by atoms with Gasteiger partial charge < -0.3 is 14.3 Å². The van der Waals surface area contributed by atoms with Crippen LogP contribution in [0.15, 0.2) is 29.4 Å². The molecule has 10 heteroatoms. The number of rotatable bonds is 9. The molecule has 0 spiro atoms. The lowest BCUT2D eigenvalue weighted by Gasteiger charge is -2.37. The lowest BCUT2D eigenvalue weighted by molar-refractivity contribution is -0.384. The van der Waals surface area contributed by atoms with E-state index >= 15 is 0 Å². The highest BCUT2D eigenvalue weighted by atomic mass is 28.4. The molecule has 9 nitrogen and oxygen atoms in total. The third-order valence-corrected chi connectivity index (χ3v) is 9.03. The van der Waals surface area contributed by atoms with Gasteiger partial charge in [0.1, 0.15) is 12.4 Å². The van der Waals surface area contributed by atoms with E-state index in [1.54, 1.807) is 0 Å². The van der Waals surface area contributed by atoms with Crippen molar-refractivity contribution >= 4 is 14.0 Å². The molecule has 2 atom stereocenters. The van der Waals surface area contributed by atoms with Crippen molar-refractivity contribution in [2.75, 3.05) is 13.2 Å². The lowest BCUT2D eigenvalue weighted by Crippen LogP contribution is -2.44. The molecule has 0 aliphatic rings. The molecule has 1 aromatic rings. The lowest BCUT2D eigenvalue weighted by atomic mass is 10.2. The summed E-state index contributed by atoms with van der Waals surface area (Å²) in [4.78, 5) is 12.9. The van der Waals surface area contributed by atoms with E-state index < -0.39 is 25.4 Å². The molecule has 0 radical (unpaired) electrons. The number of hydrogen-bond donors (Lipinski definition) is 1. The quantitative estimate of drug-likeness (QED) is 0.172. The fraction of sp³-hybridized carbons (Fsp3) is 0.625. The van der Waals surface area contributed by atoms with Crippen LogP contribution in [0.1, 0.15) is 20.8 Å². The van der Waals surface area contributed by atoms with Crippen LogP contribution in [0.5, 0.6) is 5.75 Å². The first-order chi connectivity index (χ1) is 12.0. The van der Waals surface area contributed by atoms with Crippen LogP contribution in [-0.4, -0.2) is 43.7 Å². The summed E-state index contributed by atoms with van der Waals surface area (Å²) in [6, 6.07) is 4.73.